The molecule has 2 rings (SSSR count). The molecular formula is C10H12N2O2. The molecule has 0 unspecified atom stereocenters. The zero-order valence-corrected chi connectivity index (χ0v) is 7.96. The Bertz CT molecular complexity index is 363. The van der Waals surface area contributed by atoms with E-state index in [-0.39, 0.29) is 5.91 Å². The topological polar surface area (TPSA) is 50.4 Å². The number of nitrogens with one attached hydrogen (secondary N) is 2. The number of hydroxylamine groups is 1. The molecule has 0 fully saturated rings. The maximum atomic E-state index is 11.4. The molecular weight excluding hydrogens is 180 g/mol. The van der Waals surface area contributed by atoms with Crippen LogP contribution in [0.1, 0.15) is 15.9 Å². The summed E-state index contributed by atoms with van der Waals surface area (Å²) >= 11 is 0. The molecule has 1 aromatic rings. The summed E-state index contributed by atoms with van der Waals surface area (Å²) in [6, 6.07) is 5.62. The average molecular weight is 192 g/mol. The largest absolute Gasteiger partial charge is 0.384 e. The molecule has 74 valence electrons. The van der Waals surface area contributed by atoms with E-state index in [2.05, 4.69) is 15.6 Å². The van der Waals surface area contributed by atoms with Gasteiger partial charge in [0.2, 0.25) is 0 Å². The number of hydrogen-bond acceptors (Lipinski definition) is 3. The lowest BCUT2D eigenvalue weighted by Gasteiger charge is -2.04. The summed E-state index contributed by atoms with van der Waals surface area (Å²) in [6.45, 7) is 0.949. The molecule has 0 saturated heterocycles. The number of fused-ring (bicyclic) bond motifs is 1. The number of carbonyl (C=O) groups is 1. The van der Waals surface area contributed by atoms with Crippen LogP contribution in [0.25, 0.3) is 0 Å². The summed E-state index contributed by atoms with van der Waals surface area (Å²) in [5.41, 5.74) is 5.21. The molecule has 1 aliphatic heterocycles. The van der Waals surface area contributed by atoms with Gasteiger partial charge in [0.15, 0.2) is 0 Å². The van der Waals surface area contributed by atoms with Gasteiger partial charge >= 0.3 is 0 Å². The van der Waals surface area contributed by atoms with Crippen LogP contribution >= 0.6 is 0 Å². The SMILES string of the molecule is CONC(=O)c1ccc2c(c1)NCC2. The fraction of sp³-hybridized carbons (Fsp3) is 0.300. The van der Waals surface area contributed by atoms with Gasteiger partial charge in [0, 0.05) is 17.8 Å². The Balaban J connectivity index is 2.24. The minimum absolute atomic E-state index is 0.219. The van der Waals surface area contributed by atoms with E-state index in [4.69, 9.17) is 0 Å². The molecule has 1 aromatic carbocycles. The van der Waals surface area contributed by atoms with E-state index in [0.29, 0.717) is 5.56 Å². The van der Waals surface area contributed by atoms with Gasteiger partial charge in [-0.2, -0.15) is 0 Å². The van der Waals surface area contributed by atoms with Crippen molar-refractivity contribution in [3.63, 3.8) is 0 Å². The maximum Gasteiger partial charge on any atom is 0.274 e. The van der Waals surface area contributed by atoms with Crippen LogP contribution in [0.4, 0.5) is 5.69 Å². The third-order valence-corrected chi connectivity index (χ3v) is 2.28. The zero-order chi connectivity index (χ0) is 9.97. The van der Waals surface area contributed by atoms with E-state index in [1.165, 1.54) is 12.7 Å². The lowest BCUT2D eigenvalue weighted by Crippen LogP contribution is -2.21. The molecule has 0 bridgehead atoms. The van der Waals surface area contributed by atoms with E-state index in [1.807, 2.05) is 12.1 Å². The second kappa shape index (κ2) is 3.67. The molecule has 4 nitrogen and oxygen atoms in total. The first-order valence-corrected chi connectivity index (χ1v) is 4.51. The highest BCUT2D eigenvalue weighted by Crippen LogP contribution is 2.22. The fourth-order valence-electron chi connectivity index (χ4n) is 1.58. The minimum atomic E-state index is -0.219. The van der Waals surface area contributed by atoms with Crippen LogP contribution in [0.5, 0.6) is 0 Å². The van der Waals surface area contributed by atoms with Gasteiger partial charge in [0.05, 0.1) is 7.11 Å². The molecule has 0 saturated carbocycles. The smallest absolute Gasteiger partial charge is 0.274 e. The number of hydrogen-bond donors (Lipinski definition) is 2. The molecule has 1 amide bonds. The van der Waals surface area contributed by atoms with Crippen molar-refractivity contribution in [2.24, 2.45) is 0 Å². The molecule has 0 radical (unpaired) electrons. The summed E-state index contributed by atoms with van der Waals surface area (Å²) in [5.74, 6) is -0.219. The van der Waals surface area contributed by atoms with Gasteiger partial charge in [-0.1, -0.05) is 6.07 Å². The number of carbonyl (C=O) groups excluding carboxylic acids is 1. The molecule has 0 aliphatic carbocycles. The third kappa shape index (κ3) is 1.56. The van der Waals surface area contributed by atoms with Gasteiger partial charge in [-0.25, -0.2) is 5.48 Å². The van der Waals surface area contributed by atoms with Gasteiger partial charge in [-0.3, -0.25) is 9.63 Å². The van der Waals surface area contributed by atoms with Crippen molar-refractivity contribution in [3.8, 4) is 0 Å². The van der Waals surface area contributed by atoms with E-state index >= 15 is 0 Å². The zero-order valence-electron chi connectivity index (χ0n) is 7.96. The predicted octanol–water partition coefficient (Wildman–Crippen LogP) is 0.946. The number of amides is 1. The Hall–Kier alpha value is -1.55. The fourth-order valence-corrected chi connectivity index (χ4v) is 1.58. The Morgan fingerprint density at radius 3 is 3.21 bits per heavy atom. The highest BCUT2D eigenvalue weighted by molar-refractivity contribution is 5.94. The van der Waals surface area contributed by atoms with Gasteiger partial charge in [-0.15, -0.1) is 0 Å². The highest BCUT2D eigenvalue weighted by atomic mass is 16.6. The normalized spacial score (nSPS) is 13.2. The van der Waals surface area contributed by atoms with Crippen LogP contribution in [0, 0.1) is 0 Å². The first kappa shape index (κ1) is 9.02. The van der Waals surface area contributed by atoms with Crippen LogP contribution in [-0.4, -0.2) is 19.6 Å². The summed E-state index contributed by atoms with van der Waals surface area (Å²) in [5, 5.41) is 3.22. The molecule has 0 spiro atoms. The van der Waals surface area contributed by atoms with Crippen LogP contribution in [0.3, 0.4) is 0 Å². The van der Waals surface area contributed by atoms with Crippen LogP contribution in [-0.2, 0) is 11.3 Å². The first-order valence-electron chi connectivity index (χ1n) is 4.51. The second-order valence-electron chi connectivity index (χ2n) is 3.18. The van der Waals surface area contributed by atoms with Crippen LogP contribution in [0.15, 0.2) is 18.2 Å². The Labute approximate surface area is 82.2 Å². The van der Waals surface area contributed by atoms with Crippen LogP contribution in [0.2, 0.25) is 0 Å². The molecule has 2 N–H and O–H groups in total. The number of rotatable bonds is 2. The quantitative estimate of drug-likeness (QED) is 0.686. The van der Waals surface area contributed by atoms with Gasteiger partial charge < -0.3 is 5.32 Å². The summed E-state index contributed by atoms with van der Waals surface area (Å²) in [4.78, 5) is 15.9. The number of anilines is 1. The van der Waals surface area contributed by atoms with Crippen molar-refractivity contribution in [2.75, 3.05) is 19.0 Å². The molecule has 4 heteroatoms. The van der Waals surface area contributed by atoms with Gasteiger partial charge in [0.1, 0.15) is 0 Å². The lowest BCUT2D eigenvalue weighted by molar-refractivity contribution is 0.0537. The summed E-state index contributed by atoms with van der Waals surface area (Å²) in [7, 11) is 1.42. The lowest BCUT2D eigenvalue weighted by atomic mass is 10.1. The van der Waals surface area contributed by atoms with E-state index in [1.54, 1.807) is 6.07 Å². The molecule has 0 aromatic heterocycles. The molecule has 1 aliphatic rings. The highest BCUT2D eigenvalue weighted by Gasteiger charge is 2.12. The predicted molar refractivity (Wildman–Crippen MR) is 53.1 cm³/mol. The monoisotopic (exact) mass is 192 g/mol. The van der Waals surface area contributed by atoms with Crippen LogP contribution < -0.4 is 10.8 Å². The van der Waals surface area contributed by atoms with E-state index < -0.39 is 0 Å². The number of benzene rings is 1. The standard InChI is InChI=1S/C10H12N2O2/c1-14-12-10(13)8-3-2-7-4-5-11-9(7)6-8/h2-3,6,11H,4-5H2,1H3,(H,12,13). The van der Waals surface area contributed by atoms with Crippen molar-refractivity contribution in [1.82, 2.24) is 5.48 Å². The van der Waals surface area contributed by atoms with Crippen molar-refractivity contribution >= 4 is 11.6 Å². The Morgan fingerprint density at radius 1 is 1.57 bits per heavy atom. The molecule has 0 atom stereocenters. The third-order valence-electron chi connectivity index (χ3n) is 2.28. The van der Waals surface area contributed by atoms with E-state index in [0.717, 1.165) is 18.7 Å². The first-order chi connectivity index (χ1) is 6.81. The van der Waals surface area contributed by atoms with Crippen molar-refractivity contribution in [2.45, 2.75) is 6.42 Å². The Morgan fingerprint density at radius 2 is 2.43 bits per heavy atom. The molecule has 1 heterocycles. The molecule has 14 heavy (non-hydrogen) atoms. The Kier molecular flexibility index (Phi) is 2.37. The van der Waals surface area contributed by atoms with Crippen molar-refractivity contribution < 1.29 is 9.63 Å². The second-order valence-corrected chi connectivity index (χ2v) is 3.18. The van der Waals surface area contributed by atoms with E-state index in [9.17, 15) is 4.79 Å². The summed E-state index contributed by atoms with van der Waals surface area (Å²) in [6.07, 6.45) is 1.03. The van der Waals surface area contributed by atoms with Crippen molar-refractivity contribution in [1.29, 1.82) is 0 Å². The van der Waals surface area contributed by atoms with Gasteiger partial charge in [-0.05, 0) is 24.1 Å². The summed E-state index contributed by atoms with van der Waals surface area (Å²) < 4.78 is 0. The van der Waals surface area contributed by atoms with Gasteiger partial charge in [0.25, 0.3) is 5.91 Å². The average Bonchev–Trinajstić information content (AvgIpc) is 2.64. The van der Waals surface area contributed by atoms with Crippen molar-refractivity contribution in [3.05, 3.63) is 29.3 Å². The maximum absolute atomic E-state index is 11.4. The minimum Gasteiger partial charge on any atom is -0.384 e.